The molecule has 4 rings (SSSR count). The molecule has 0 amide bonds. The Morgan fingerprint density at radius 3 is 2.12 bits per heavy atom. The number of ether oxygens (including phenoxy) is 1. The molecule has 1 aliphatic heterocycles. The van der Waals surface area contributed by atoms with Gasteiger partial charge in [0.1, 0.15) is 11.5 Å². The molecule has 1 nitrogen and oxygen atoms in total. The minimum absolute atomic E-state index is 0.665. The molecule has 1 atom stereocenters. The fourth-order valence-electron chi connectivity index (χ4n) is 3.74. The van der Waals surface area contributed by atoms with E-state index >= 15 is 0 Å². The van der Waals surface area contributed by atoms with Gasteiger partial charge < -0.3 is 4.74 Å². The molecule has 120 valence electrons. The summed E-state index contributed by atoms with van der Waals surface area (Å²) in [4.78, 5) is 0. The summed E-state index contributed by atoms with van der Waals surface area (Å²) < 4.78 is 6.37. The van der Waals surface area contributed by atoms with Gasteiger partial charge in [-0.15, -0.1) is 0 Å². The van der Waals surface area contributed by atoms with E-state index in [0.29, 0.717) is 5.92 Å². The highest BCUT2D eigenvalue weighted by Gasteiger charge is 2.28. The van der Waals surface area contributed by atoms with Crippen molar-refractivity contribution < 1.29 is 4.74 Å². The number of rotatable bonds is 2. The fraction of sp³-hybridized carbons (Fsp3) is 0.217. The van der Waals surface area contributed by atoms with Gasteiger partial charge in [-0.25, -0.2) is 0 Å². The van der Waals surface area contributed by atoms with Crippen LogP contribution in [0.1, 0.15) is 37.8 Å². The smallest absolute Gasteiger partial charge is 0.135 e. The van der Waals surface area contributed by atoms with Crippen LogP contribution in [0.15, 0.2) is 83.6 Å². The summed E-state index contributed by atoms with van der Waals surface area (Å²) >= 11 is 0. The molecule has 0 radical (unpaired) electrons. The van der Waals surface area contributed by atoms with Gasteiger partial charge in [0.2, 0.25) is 0 Å². The Hall–Kier alpha value is -2.54. The molecular formula is C23H22O. The Morgan fingerprint density at radius 1 is 0.833 bits per heavy atom. The molecule has 0 N–H and O–H groups in total. The average Bonchev–Trinajstić information content (AvgIpc) is 2.62. The average molecular weight is 314 g/mol. The maximum absolute atomic E-state index is 6.37. The lowest BCUT2D eigenvalue weighted by Gasteiger charge is -2.31. The lowest BCUT2D eigenvalue weighted by Crippen LogP contribution is -2.15. The summed E-state index contributed by atoms with van der Waals surface area (Å²) in [5.74, 6) is 2.70. The van der Waals surface area contributed by atoms with Crippen LogP contribution in [-0.2, 0) is 4.74 Å². The van der Waals surface area contributed by atoms with Gasteiger partial charge in [0.25, 0.3) is 0 Å². The van der Waals surface area contributed by atoms with Gasteiger partial charge in [0.15, 0.2) is 0 Å². The maximum Gasteiger partial charge on any atom is 0.135 e. The highest BCUT2D eigenvalue weighted by molar-refractivity contribution is 5.88. The first kappa shape index (κ1) is 15.0. The third-order valence-electron chi connectivity index (χ3n) is 4.82. The molecule has 2 aromatic rings. The number of fused-ring (bicyclic) bond motifs is 1. The number of hydrogen-bond donors (Lipinski definition) is 0. The van der Waals surface area contributed by atoms with E-state index in [9.17, 15) is 0 Å². The summed E-state index contributed by atoms with van der Waals surface area (Å²) in [7, 11) is 0. The van der Waals surface area contributed by atoms with Crippen molar-refractivity contribution in [3.8, 4) is 0 Å². The molecular weight excluding hydrogens is 292 g/mol. The SMILES string of the molecule is CC1=C2OC(c3ccccc3)=CC(c3ccccc3)=C2CC(C)C1. The lowest BCUT2D eigenvalue weighted by molar-refractivity contribution is 0.355. The first-order valence-electron chi connectivity index (χ1n) is 8.66. The van der Waals surface area contributed by atoms with Crippen LogP contribution < -0.4 is 0 Å². The molecule has 1 aliphatic carbocycles. The van der Waals surface area contributed by atoms with Gasteiger partial charge in [-0.2, -0.15) is 0 Å². The van der Waals surface area contributed by atoms with Gasteiger partial charge in [-0.05, 0) is 48.5 Å². The second-order valence-corrected chi connectivity index (χ2v) is 6.86. The largest absolute Gasteiger partial charge is 0.456 e. The second kappa shape index (κ2) is 6.16. The van der Waals surface area contributed by atoms with Gasteiger partial charge in [0, 0.05) is 11.1 Å². The predicted octanol–water partition coefficient (Wildman–Crippen LogP) is 6.22. The van der Waals surface area contributed by atoms with Crippen LogP contribution in [0.2, 0.25) is 0 Å². The summed E-state index contributed by atoms with van der Waals surface area (Å²) in [5.41, 5.74) is 6.42. The van der Waals surface area contributed by atoms with Crippen molar-refractivity contribution in [2.24, 2.45) is 5.92 Å². The van der Waals surface area contributed by atoms with Crippen molar-refractivity contribution in [3.63, 3.8) is 0 Å². The molecule has 1 unspecified atom stereocenters. The van der Waals surface area contributed by atoms with Crippen LogP contribution in [0.25, 0.3) is 11.3 Å². The molecule has 2 aliphatic rings. The van der Waals surface area contributed by atoms with E-state index in [1.54, 1.807) is 0 Å². The summed E-state index contributed by atoms with van der Waals surface area (Å²) in [6, 6.07) is 21.1. The van der Waals surface area contributed by atoms with Crippen molar-refractivity contribution in [3.05, 3.63) is 94.8 Å². The van der Waals surface area contributed by atoms with Gasteiger partial charge >= 0.3 is 0 Å². The molecule has 24 heavy (non-hydrogen) atoms. The topological polar surface area (TPSA) is 9.23 Å². The first-order valence-corrected chi connectivity index (χ1v) is 8.66. The standard InChI is InChI=1S/C23H22O/c1-16-13-17(2)23-21(14-16)20(18-9-5-3-6-10-18)15-22(24-23)19-11-7-4-8-12-19/h3-12,15-16H,13-14H2,1-2H3. The molecule has 1 heteroatoms. The second-order valence-electron chi connectivity index (χ2n) is 6.86. The number of allylic oxidation sites excluding steroid dienone is 4. The van der Waals surface area contributed by atoms with Crippen LogP contribution >= 0.6 is 0 Å². The van der Waals surface area contributed by atoms with Crippen molar-refractivity contribution in [1.82, 2.24) is 0 Å². The van der Waals surface area contributed by atoms with E-state index in [4.69, 9.17) is 4.74 Å². The van der Waals surface area contributed by atoms with Crippen LogP contribution in [-0.4, -0.2) is 0 Å². The Morgan fingerprint density at radius 2 is 1.46 bits per heavy atom. The van der Waals surface area contributed by atoms with Gasteiger partial charge in [0.05, 0.1) is 0 Å². The van der Waals surface area contributed by atoms with Gasteiger partial charge in [-0.1, -0.05) is 67.6 Å². The van der Waals surface area contributed by atoms with E-state index in [2.05, 4.69) is 74.5 Å². The van der Waals surface area contributed by atoms with Crippen molar-refractivity contribution in [1.29, 1.82) is 0 Å². The van der Waals surface area contributed by atoms with Crippen molar-refractivity contribution >= 4 is 11.3 Å². The zero-order valence-corrected chi connectivity index (χ0v) is 14.3. The van der Waals surface area contributed by atoms with Crippen LogP contribution in [0, 0.1) is 5.92 Å². The van der Waals surface area contributed by atoms with Crippen molar-refractivity contribution in [2.75, 3.05) is 0 Å². The van der Waals surface area contributed by atoms with Crippen LogP contribution in [0.4, 0.5) is 0 Å². The lowest BCUT2D eigenvalue weighted by atomic mass is 9.81. The molecule has 0 saturated carbocycles. The van der Waals surface area contributed by atoms with E-state index < -0.39 is 0 Å². The molecule has 2 aromatic carbocycles. The quantitative estimate of drug-likeness (QED) is 0.640. The summed E-state index contributed by atoms with van der Waals surface area (Å²) in [5, 5.41) is 0. The summed E-state index contributed by atoms with van der Waals surface area (Å²) in [6.07, 6.45) is 4.41. The fourth-order valence-corrected chi connectivity index (χ4v) is 3.74. The Kier molecular flexibility index (Phi) is 3.86. The Balaban J connectivity index is 1.91. The van der Waals surface area contributed by atoms with Gasteiger partial charge in [-0.3, -0.25) is 0 Å². The minimum Gasteiger partial charge on any atom is -0.456 e. The van der Waals surface area contributed by atoms with E-state index in [0.717, 1.165) is 29.9 Å². The van der Waals surface area contributed by atoms with E-state index in [1.807, 2.05) is 6.07 Å². The monoisotopic (exact) mass is 314 g/mol. The number of hydrogen-bond acceptors (Lipinski definition) is 1. The molecule has 0 fully saturated rings. The summed E-state index contributed by atoms with van der Waals surface area (Å²) in [6.45, 7) is 4.54. The van der Waals surface area contributed by atoms with E-state index in [1.165, 1.54) is 22.3 Å². The highest BCUT2D eigenvalue weighted by Crippen LogP contribution is 2.44. The first-order chi connectivity index (χ1) is 11.7. The molecule has 0 aromatic heterocycles. The van der Waals surface area contributed by atoms with Crippen LogP contribution in [0.3, 0.4) is 0 Å². The van der Waals surface area contributed by atoms with Crippen LogP contribution in [0.5, 0.6) is 0 Å². The third-order valence-corrected chi connectivity index (χ3v) is 4.82. The molecule has 1 heterocycles. The molecule has 0 spiro atoms. The third kappa shape index (κ3) is 2.71. The minimum atomic E-state index is 0.665. The zero-order valence-electron chi connectivity index (χ0n) is 14.3. The Labute approximate surface area is 144 Å². The zero-order chi connectivity index (χ0) is 16.5. The maximum atomic E-state index is 6.37. The highest BCUT2D eigenvalue weighted by atomic mass is 16.5. The molecule has 0 bridgehead atoms. The van der Waals surface area contributed by atoms with Crippen molar-refractivity contribution in [2.45, 2.75) is 26.7 Å². The Bertz CT molecular complexity index is 838. The normalized spacial score (nSPS) is 20.4. The van der Waals surface area contributed by atoms with E-state index in [-0.39, 0.29) is 0 Å². The predicted molar refractivity (Wildman–Crippen MR) is 100.0 cm³/mol. The number of benzene rings is 2. The molecule has 0 saturated heterocycles.